The minimum absolute atomic E-state index is 0.220. The molecule has 0 saturated carbocycles. The predicted molar refractivity (Wildman–Crippen MR) is 142 cm³/mol. The Balaban J connectivity index is 1.52. The number of hydrogen-bond donors (Lipinski definition) is 1. The summed E-state index contributed by atoms with van der Waals surface area (Å²) in [5.41, 5.74) is 2.07. The van der Waals surface area contributed by atoms with Crippen LogP contribution in [0.15, 0.2) is 59.1 Å². The second kappa shape index (κ2) is 11.2. The standard InChI is InChI=1S/C27H29BrF3N5O3/c1-18-17-35(38)25(22-5-4-21(16-23(22)28)39-27(29,30)31)24(19-6-10-32-11-7-19)36(18)26(37)34-14-8-20(9-15-34)33-12-2-3-13-33/h4-7,10-11,16-17,20,38H,2-3,8-9,12-15H2,1H3. The van der Waals surface area contributed by atoms with Crippen LogP contribution in [0.4, 0.5) is 18.0 Å². The largest absolute Gasteiger partial charge is 0.573 e. The smallest absolute Gasteiger partial charge is 0.406 e. The third-order valence-corrected chi connectivity index (χ3v) is 7.96. The van der Waals surface area contributed by atoms with E-state index in [2.05, 4.69) is 30.6 Å². The van der Waals surface area contributed by atoms with Crippen LogP contribution in [0.5, 0.6) is 5.75 Å². The Kier molecular flexibility index (Phi) is 7.88. The molecule has 0 spiro atoms. The van der Waals surface area contributed by atoms with Crippen LogP contribution < -0.4 is 4.74 Å². The molecule has 3 aliphatic rings. The molecule has 12 heteroatoms. The lowest BCUT2D eigenvalue weighted by atomic mass is 10.0. The predicted octanol–water partition coefficient (Wildman–Crippen LogP) is 6.12. The first kappa shape index (κ1) is 27.5. The number of allylic oxidation sites excluding steroid dienone is 1. The van der Waals surface area contributed by atoms with Gasteiger partial charge in [0.2, 0.25) is 0 Å². The van der Waals surface area contributed by atoms with Gasteiger partial charge >= 0.3 is 12.4 Å². The first-order chi connectivity index (χ1) is 18.6. The van der Waals surface area contributed by atoms with Gasteiger partial charge in [-0.05, 0) is 92.0 Å². The molecular formula is C27H29BrF3N5O3. The van der Waals surface area contributed by atoms with Crippen molar-refractivity contribution in [3.05, 3.63) is 70.2 Å². The molecule has 0 radical (unpaired) electrons. The average Bonchev–Trinajstić information content (AvgIpc) is 3.43. The van der Waals surface area contributed by atoms with Crippen molar-refractivity contribution in [3.63, 3.8) is 0 Å². The molecule has 2 aromatic rings. The molecular weight excluding hydrogens is 579 g/mol. The van der Waals surface area contributed by atoms with Crippen LogP contribution in [0.1, 0.15) is 43.7 Å². The zero-order valence-electron chi connectivity index (χ0n) is 21.4. The van der Waals surface area contributed by atoms with Crippen LogP contribution in [0.25, 0.3) is 11.4 Å². The quantitative estimate of drug-likeness (QED) is 0.452. The van der Waals surface area contributed by atoms with E-state index in [0.29, 0.717) is 41.7 Å². The van der Waals surface area contributed by atoms with Gasteiger partial charge in [0, 0.05) is 52.8 Å². The fraction of sp³-hybridized carbons (Fsp3) is 0.407. The summed E-state index contributed by atoms with van der Waals surface area (Å²) in [6.45, 7) is 5.17. The molecule has 2 amide bonds. The second-order valence-corrected chi connectivity index (χ2v) is 10.7. The van der Waals surface area contributed by atoms with Crippen LogP contribution in [0.2, 0.25) is 0 Å². The number of piperidine rings is 1. The molecule has 0 unspecified atom stereocenters. The van der Waals surface area contributed by atoms with Gasteiger partial charge in [0.05, 0.1) is 11.9 Å². The lowest BCUT2D eigenvalue weighted by molar-refractivity contribution is -0.274. The van der Waals surface area contributed by atoms with Crippen molar-refractivity contribution in [2.24, 2.45) is 0 Å². The maximum absolute atomic E-state index is 14.0. The van der Waals surface area contributed by atoms with Crippen molar-refractivity contribution < 1.29 is 27.9 Å². The van der Waals surface area contributed by atoms with E-state index in [4.69, 9.17) is 0 Å². The number of amides is 2. The van der Waals surface area contributed by atoms with Gasteiger partial charge in [-0.2, -0.15) is 0 Å². The number of aromatic nitrogens is 1. The summed E-state index contributed by atoms with van der Waals surface area (Å²) in [7, 11) is 0. The number of hydrogen-bond acceptors (Lipinski definition) is 6. The molecule has 208 valence electrons. The van der Waals surface area contributed by atoms with E-state index in [0.717, 1.165) is 31.0 Å². The highest BCUT2D eigenvalue weighted by Crippen LogP contribution is 2.41. The molecule has 39 heavy (non-hydrogen) atoms. The van der Waals surface area contributed by atoms with Crippen molar-refractivity contribution in [2.45, 2.75) is 45.0 Å². The number of benzene rings is 1. The van der Waals surface area contributed by atoms with E-state index in [1.807, 2.05) is 4.90 Å². The Labute approximate surface area is 233 Å². The summed E-state index contributed by atoms with van der Waals surface area (Å²) in [5.74, 6) is -0.412. The number of carbonyl (C=O) groups is 1. The molecule has 0 atom stereocenters. The number of nitrogens with zero attached hydrogens (tertiary/aromatic N) is 5. The maximum atomic E-state index is 14.0. The third kappa shape index (κ3) is 5.92. The monoisotopic (exact) mass is 607 g/mol. The van der Waals surface area contributed by atoms with Gasteiger partial charge in [-0.25, -0.2) is 9.86 Å². The fourth-order valence-corrected chi connectivity index (χ4v) is 6.06. The van der Waals surface area contributed by atoms with Crippen LogP contribution >= 0.6 is 15.9 Å². The van der Waals surface area contributed by atoms with Crippen molar-refractivity contribution >= 4 is 33.4 Å². The van der Waals surface area contributed by atoms with E-state index >= 15 is 0 Å². The molecule has 8 nitrogen and oxygen atoms in total. The number of hydroxylamine groups is 2. The van der Waals surface area contributed by atoms with Gasteiger partial charge in [-0.15, -0.1) is 13.2 Å². The molecule has 0 bridgehead atoms. The number of urea groups is 1. The van der Waals surface area contributed by atoms with Gasteiger partial charge in [0.1, 0.15) is 11.4 Å². The number of carbonyl (C=O) groups excluding carboxylic acids is 1. The van der Waals surface area contributed by atoms with Gasteiger partial charge in [-0.1, -0.05) is 0 Å². The highest BCUT2D eigenvalue weighted by Gasteiger charge is 2.37. The van der Waals surface area contributed by atoms with Crippen molar-refractivity contribution in [2.75, 3.05) is 26.2 Å². The van der Waals surface area contributed by atoms with Crippen LogP contribution in [0.3, 0.4) is 0 Å². The molecule has 1 aromatic carbocycles. The summed E-state index contributed by atoms with van der Waals surface area (Å²) in [5, 5.41) is 12.0. The Morgan fingerprint density at radius 2 is 1.72 bits per heavy atom. The molecule has 1 aromatic heterocycles. The first-order valence-corrected chi connectivity index (χ1v) is 13.6. The molecule has 2 saturated heterocycles. The van der Waals surface area contributed by atoms with E-state index in [9.17, 15) is 23.2 Å². The van der Waals surface area contributed by atoms with Crippen LogP contribution in [0, 0.1) is 0 Å². The molecule has 3 aliphatic heterocycles. The highest BCUT2D eigenvalue weighted by molar-refractivity contribution is 9.10. The van der Waals surface area contributed by atoms with Crippen molar-refractivity contribution in [3.8, 4) is 5.75 Å². The number of ether oxygens (including phenoxy) is 1. The summed E-state index contributed by atoms with van der Waals surface area (Å²) >= 11 is 3.33. The number of pyridine rings is 1. The minimum Gasteiger partial charge on any atom is -0.406 e. The van der Waals surface area contributed by atoms with E-state index < -0.39 is 12.1 Å². The Morgan fingerprint density at radius 1 is 1.05 bits per heavy atom. The zero-order chi connectivity index (χ0) is 27.7. The average molecular weight is 608 g/mol. The summed E-state index contributed by atoms with van der Waals surface area (Å²) in [4.78, 5) is 24.0. The lowest BCUT2D eigenvalue weighted by Crippen LogP contribution is -2.50. The molecule has 0 aliphatic carbocycles. The van der Waals surface area contributed by atoms with E-state index in [1.54, 1.807) is 36.4 Å². The molecule has 5 rings (SSSR count). The Bertz CT molecular complexity index is 1270. The minimum atomic E-state index is -4.85. The third-order valence-electron chi connectivity index (χ3n) is 7.31. The SMILES string of the molecule is CC1=CN(O)C(c2ccc(OC(F)(F)F)cc2Br)=C(c2ccncc2)N1C(=O)N1CCC(N2CCCC2)CC1. The highest BCUT2D eigenvalue weighted by atomic mass is 79.9. The number of alkyl halides is 3. The molecule has 4 heterocycles. The second-order valence-electron chi connectivity index (χ2n) is 9.82. The number of likely N-dealkylation sites (tertiary alicyclic amines) is 2. The van der Waals surface area contributed by atoms with Gasteiger partial charge < -0.3 is 14.5 Å². The normalized spacial score (nSPS) is 19.5. The summed E-state index contributed by atoms with van der Waals surface area (Å²) in [6, 6.07) is 7.43. The topological polar surface area (TPSA) is 72.4 Å². The van der Waals surface area contributed by atoms with Crippen LogP contribution in [-0.2, 0) is 0 Å². The first-order valence-electron chi connectivity index (χ1n) is 12.8. The Hall–Kier alpha value is -3.09. The maximum Gasteiger partial charge on any atom is 0.573 e. The van der Waals surface area contributed by atoms with Crippen LogP contribution in [-0.4, -0.2) is 74.6 Å². The number of halogens is 4. The van der Waals surface area contributed by atoms with E-state index in [1.165, 1.54) is 37.2 Å². The van der Waals surface area contributed by atoms with Crippen molar-refractivity contribution in [1.82, 2.24) is 24.7 Å². The molecule has 2 fully saturated rings. The van der Waals surface area contributed by atoms with Gasteiger partial charge in [-0.3, -0.25) is 15.1 Å². The summed E-state index contributed by atoms with van der Waals surface area (Å²) < 4.78 is 42.7. The zero-order valence-corrected chi connectivity index (χ0v) is 23.0. The fourth-order valence-electron chi connectivity index (χ4n) is 5.52. The lowest BCUT2D eigenvalue weighted by Gasteiger charge is -2.41. The van der Waals surface area contributed by atoms with Gasteiger partial charge in [0.15, 0.2) is 0 Å². The number of rotatable bonds is 4. The van der Waals surface area contributed by atoms with Gasteiger partial charge in [0.25, 0.3) is 0 Å². The molecule has 1 N–H and O–H groups in total. The van der Waals surface area contributed by atoms with Crippen molar-refractivity contribution in [1.29, 1.82) is 0 Å². The Morgan fingerprint density at radius 3 is 2.33 bits per heavy atom. The summed E-state index contributed by atoms with van der Waals surface area (Å²) in [6.07, 6.45) is 3.95. The van der Waals surface area contributed by atoms with E-state index in [-0.39, 0.29) is 16.2 Å².